The second kappa shape index (κ2) is 4.45. The first kappa shape index (κ1) is 12.0. The summed E-state index contributed by atoms with van der Waals surface area (Å²) in [6.07, 6.45) is 5.65. The molecule has 0 radical (unpaired) electrons. The van der Waals surface area contributed by atoms with E-state index in [4.69, 9.17) is 0 Å². The largest absolute Gasteiger partial charge is 0.0720 e. The van der Waals surface area contributed by atoms with Gasteiger partial charge in [-0.1, -0.05) is 78.9 Å². The van der Waals surface area contributed by atoms with E-state index in [-0.39, 0.29) is 0 Å². The van der Waals surface area contributed by atoms with Gasteiger partial charge in [-0.3, -0.25) is 0 Å². The van der Waals surface area contributed by atoms with E-state index in [2.05, 4.69) is 78.9 Å². The van der Waals surface area contributed by atoms with E-state index in [1.54, 1.807) is 0 Å². The summed E-state index contributed by atoms with van der Waals surface area (Å²) >= 11 is 0. The Morgan fingerprint density at radius 1 is 0.727 bits per heavy atom. The molecule has 0 heterocycles. The highest BCUT2D eigenvalue weighted by molar-refractivity contribution is 5.77. The molecule has 2 aliphatic rings. The Bertz CT molecular complexity index is 915. The maximum atomic E-state index is 2.41. The number of fused-ring (bicyclic) bond motifs is 4. The van der Waals surface area contributed by atoms with Gasteiger partial charge in [0.1, 0.15) is 0 Å². The van der Waals surface area contributed by atoms with Crippen LogP contribution in [-0.4, -0.2) is 0 Å². The van der Waals surface area contributed by atoms with E-state index in [1.807, 2.05) is 0 Å². The molecule has 104 valence electrons. The summed E-state index contributed by atoms with van der Waals surface area (Å²) in [5.74, 6) is 0.408. The van der Waals surface area contributed by atoms with Crippen molar-refractivity contribution < 1.29 is 0 Å². The summed E-state index contributed by atoms with van der Waals surface area (Å²) in [5.41, 5.74) is 9.94. The third-order valence-electron chi connectivity index (χ3n) is 4.98. The van der Waals surface area contributed by atoms with Crippen LogP contribution in [0.4, 0.5) is 0 Å². The Hall–Kier alpha value is -2.60. The van der Waals surface area contributed by atoms with Gasteiger partial charge in [-0.05, 0) is 45.4 Å². The standard InChI is InChI=1S/C22H16/c1-3-7-19-15(5-1)9-11-21(19)17-10-12-22-18(14-17)13-16-6-2-4-8-20(16)22/h1-12,14,21H,13H2. The molecule has 0 aromatic heterocycles. The summed E-state index contributed by atoms with van der Waals surface area (Å²) in [5, 5.41) is 0. The number of hydrogen-bond acceptors (Lipinski definition) is 0. The van der Waals surface area contributed by atoms with Crippen molar-refractivity contribution >= 4 is 6.08 Å². The summed E-state index contributed by atoms with van der Waals surface area (Å²) in [6, 6.07) is 24.5. The van der Waals surface area contributed by atoms with E-state index in [9.17, 15) is 0 Å². The zero-order chi connectivity index (χ0) is 14.5. The first-order chi connectivity index (χ1) is 10.9. The van der Waals surface area contributed by atoms with Gasteiger partial charge in [-0.2, -0.15) is 0 Å². The highest BCUT2D eigenvalue weighted by Gasteiger charge is 2.22. The minimum Gasteiger partial charge on any atom is -0.0720 e. The predicted molar refractivity (Wildman–Crippen MR) is 92.0 cm³/mol. The van der Waals surface area contributed by atoms with Crippen molar-refractivity contribution in [2.24, 2.45) is 0 Å². The molecular weight excluding hydrogens is 264 g/mol. The Kier molecular flexibility index (Phi) is 2.42. The average molecular weight is 280 g/mol. The van der Waals surface area contributed by atoms with E-state index in [1.165, 1.54) is 38.9 Å². The van der Waals surface area contributed by atoms with Gasteiger partial charge in [0.25, 0.3) is 0 Å². The lowest BCUT2D eigenvalue weighted by Crippen LogP contribution is -1.96. The minimum atomic E-state index is 0.408. The van der Waals surface area contributed by atoms with E-state index in [0.717, 1.165) is 6.42 Å². The minimum absolute atomic E-state index is 0.408. The highest BCUT2D eigenvalue weighted by atomic mass is 14.3. The fraction of sp³-hybridized carbons (Fsp3) is 0.0909. The third kappa shape index (κ3) is 1.64. The Morgan fingerprint density at radius 3 is 2.55 bits per heavy atom. The third-order valence-corrected chi connectivity index (χ3v) is 4.98. The van der Waals surface area contributed by atoms with Crippen molar-refractivity contribution in [1.82, 2.24) is 0 Å². The molecule has 1 atom stereocenters. The zero-order valence-electron chi connectivity index (χ0n) is 12.3. The smallest absolute Gasteiger partial charge is 0.0278 e. The molecule has 0 nitrogen and oxygen atoms in total. The van der Waals surface area contributed by atoms with Crippen LogP contribution in [0.15, 0.2) is 72.8 Å². The van der Waals surface area contributed by atoms with Gasteiger partial charge in [0.05, 0.1) is 0 Å². The highest BCUT2D eigenvalue weighted by Crippen LogP contribution is 2.40. The van der Waals surface area contributed by atoms with Gasteiger partial charge in [0, 0.05) is 5.92 Å². The summed E-state index contributed by atoms with van der Waals surface area (Å²) in [7, 11) is 0. The molecule has 0 bridgehead atoms. The fourth-order valence-corrected chi connectivity index (χ4v) is 3.90. The molecule has 0 saturated heterocycles. The van der Waals surface area contributed by atoms with Crippen LogP contribution in [0.3, 0.4) is 0 Å². The Morgan fingerprint density at radius 2 is 1.55 bits per heavy atom. The van der Waals surface area contributed by atoms with E-state index >= 15 is 0 Å². The summed E-state index contributed by atoms with van der Waals surface area (Å²) < 4.78 is 0. The number of rotatable bonds is 1. The predicted octanol–water partition coefficient (Wildman–Crippen LogP) is 5.42. The van der Waals surface area contributed by atoms with Crippen LogP contribution in [0, 0.1) is 0 Å². The molecule has 3 aromatic rings. The van der Waals surface area contributed by atoms with Crippen LogP contribution in [0.2, 0.25) is 0 Å². The van der Waals surface area contributed by atoms with Crippen LogP contribution in [-0.2, 0) is 6.42 Å². The van der Waals surface area contributed by atoms with Gasteiger partial charge in [0.15, 0.2) is 0 Å². The lowest BCUT2D eigenvalue weighted by molar-refractivity contribution is 1.04. The lowest BCUT2D eigenvalue weighted by Gasteiger charge is -2.13. The van der Waals surface area contributed by atoms with Crippen LogP contribution in [0.5, 0.6) is 0 Å². The van der Waals surface area contributed by atoms with Crippen molar-refractivity contribution in [3.63, 3.8) is 0 Å². The SMILES string of the molecule is C1=CC(c2ccc3c(c2)Cc2ccccc2-3)c2ccccc21. The van der Waals surface area contributed by atoms with Crippen molar-refractivity contribution in [2.75, 3.05) is 0 Å². The second-order valence-corrected chi connectivity index (χ2v) is 6.22. The second-order valence-electron chi connectivity index (χ2n) is 6.22. The zero-order valence-corrected chi connectivity index (χ0v) is 12.3. The first-order valence-electron chi connectivity index (χ1n) is 7.88. The molecule has 0 heteroatoms. The lowest BCUT2D eigenvalue weighted by atomic mass is 9.91. The molecule has 0 amide bonds. The molecular formula is C22H16. The van der Waals surface area contributed by atoms with Gasteiger partial charge < -0.3 is 0 Å². The average Bonchev–Trinajstić information content (AvgIpc) is 3.15. The van der Waals surface area contributed by atoms with E-state index in [0.29, 0.717) is 5.92 Å². The number of allylic oxidation sites excluding steroid dienone is 1. The molecule has 3 aromatic carbocycles. The first-order valence-corrected chi connectivity index (χ1v) is 7.88. The molecule has 0 aliphatic heterocycles. The maximum Gasteiger partial charge on any atom is 0.0278 e. The Labute approximate surface area is 130 Å². The van der Waals surface area contributed by atoms with E-state index < -0.39 is 0 Å². The van der Waals surface area contributed by atoms with Crippen LogP contribution in [0.1, 0.15) is 33.7 Å². The number of benzene rings is 3. The quantitative estimate of drug-likeness (QED) is 0.437. The fourth-order valence-electron chi connectivity index (χ4n) is 3.90. The molecule has 0 fully saturated rings. The van der Waals surface area contributed by atoms with Crippen molar-refractivity contribution in [2.45, 2.75) is 12.3 Å². The van der Waals surface area contributed by atoms with Gasteiger partial charge in [-0.25, -0.2) is 0 Å². The van der Waals surface area contributed by atoms with Crippen LogP contribution in [0.25, 0.3) is 17.2 Å². The summed E-state index contributed by atoms with van der Waals surface area (Å²) in [4.78, 5) is 0. The Balaban J connectivity index is 1.60. The van der Waals surface area contributed by atoms with Crippen molar-refractivity contribution in [1.29, 1.82) is 0 Å². The van der Waals surface area contributed by atoms with Crippen LogP contribution < -0.4 is 0 Å². The van der Waals surface area contributed by atoms with Gasteiger partial charge in [0.2, 0.25) is 0 Å². The molecule has 5 rings (SSSR count). The van der Waals surface area contributed by atoms with Crippen molar-refractivity contribution in [3.8, 4) is 11.1 Å². The molecule has 2 aliphatic carbocycles. The molecule has 1 unspecified atom stereocenters. The molecule has 22 heavy (non-hydrogen) atoms. The normalized spacial score (nSPS) is 17.2. The van der Waals surface area contributed by atoms with Gasteiger partial charge >= 0.3 is 0 Å². The number of hydrogen-bond donors (Lipinski definition) is 0. The molecule has 0 N–H and O–H groups in total. The van der Waals surface area contributed by atoms with Gasteiger partial charge in [-0.15, -0.1) is 0 Å². The maximum absolute atomic E-state index is 2.41. The monoisotopic (exact) mass is 280 g/mol. The topological polar surface area (TPSA) is 0 Å². The molecule has 0 saturated carbocycles. The summed E-state index contributed by atoms with van der Waals surface area (Å²) in [6.45, 7) is 0. The molecule has 0 spiro atoms. The van der Waals surface area contributed by atoms with Crippen molar-refractivity contribution in [3.05, 3.63) is 101 Å². The van der Waals surface area contributed by atoms with Crippen LogP contribution >= 0.6 is 0 Å².